The van der Waals surface area contributed by atoms with Crippen molar-refractivity contribution in [2.75, 3.05) is 14.2 Å². The molecule has 0 N–H and O–H groups in total. The van der Waals surface area contributed by atoms with E-state index in [0.29, 0.717) is 5.56 Å². The lowest BCUT2D eigenvalue weighted by atomic mass is 10.2. The molecule has 0 aliphatic heterocycles. The molecular weight excluding hydrogens is 357 g/mol. The van der Waals surface area contributed by atoms with Crippen molar-refractivity contribution < 1.29 is 22.3 Å². The molecule has 0 atom stereocenters. The number of ether oxygens (including phenoxy) is 1. The Morgan fingerprint density at radius 1 is 1.21 bits per heavy atom. The molecule has 5 nitrogen and oxygen atoms in total. The number of halogens is 2. The maximum atomic E-state index is 12.9. The van der Waals surface area contributed by atoms with Crippen LogP contribution in [0.15, 0.2) is 47.4 Å². The highest BCUT2D eigenvalue weighted by Crippen LogP contribution is 2.24. The number of carbonyl (C=O) groups is 1. The molecule has 0 unspecified atom stereocenters. The summed E-state index contributed by atoms with van der Waals surface area (Å²) >= 11 is 5.90. The summed E-state index contributed by atoms with van der Waals surface area (Å²) < 4.78 is 43.9. The van der Waals surface area contributed by atoms with Gasteiger partial charge in [-0.15, -0.1) is 0 Å². The number of rotatable bonds is 5. The van der Waals surface area contributed by atoms with Gasteiger partial charge in [-0.2, -0.15) is 4.31 Å². The zero-order chi connectivity index (χ0) is 17.9. The molecule has 0 spiro atoms. The molecule has 0 bridgehead atoms. The van der Waals surface area contributed by atoms with E-state index in [1.54, 1.807) is 0 Å². The van der Waals surface area contributed by atoms with E-state index in [1.165, 1.54) is 56.6 Å². The first-order valence-electron chi connectivity index (χ1n) is 6.84. The molecule has 0 saturated carbocycles. The van der Waals surface area contributed by atoms with Crippen LogP contribution in [0.25, 0.3) is 0 Å². The van der Waals surface area contributed by atoms with Gasteiger partial charge in [0.15, 0.2) is 0 Å². The maximum Gasteiger partial charge on any atom is 0.339 e. The minimum atomic E-state index is -3.86. The Hall–Kier alpha value is -1.96. The Bertz CT molecular complexity index is 853. The first-order chi connectivity index (χ1) is 11.3. The average Bonchev–Trinajstić information content (AvgIpc) is 2.56. The maximum absolute atomic E-state index is 12.9. The lowest BCUT2D eigenvalue weighted by molar-refractivity contribution is 0.0600. The Morgan fingerprint density at radius 3 is 2.42 bits per heavy atom. The van der Waals surface area contributed by atoms with E-state index in [-0.39, 0.29) is 22.0 Å². The second-order valence-electron chi connectivity index (χ2n) is 5.02. The highest BCUT2D eigenvalue weighted by Gasteiger charge is 2.23. The van der Waals surface area contributed by atoms with Crippen molar-refractivity contribution in [3.63, 3.8) is 0 Å². The fraction of sp³-hybridized carbons (Fsp3) is 0.188. The monoisotopic (exact) mass is 371 g/mol. The SMILES string of the molecule is COC(=O)c1cc(S(=O)(=O)N(C)Cc2ccc(F)cc2)ccc1Cl. The van der Waals surface area contributed by atoms with Crippen molar-refractivity contribution >= 4 is 27.6 Å². The van der Waals surface area contributed by atoms with Crippen molar-refractivity contribution in [3.05, 3.63) is 64.4 Å². The van der Waals surface area contributed by atoms with Crippen LogP contribution in [0.4, 0.5) is 4.39 Å². The van der Waals surface area contributed by atoms with Crippen molar-refractivity contribution in [3.8, 4) is 0 Å². The summed E-state index contributed by atoms with van der Waals surface area (Å²) in [5.74, 6) is -1.12. The van der Waals surface area contributed by atoms with Crippen LogP contribution in [0.2, 0.25) is 5.02 Å². The molecule has 24 heavy (non-hydrogen) atoms. The van der Waals surface area contributed by atoms with Gasteiger partial charge in [-0.05, 0) is 35.9 Å². The zero-order valence-corrected chi connectivity index (χ0v) is 14.6. The number of carbonyl (C=O) groups excluding carboxylic acids is 1. The molecule has 2 aromatic carbocycles. The van der Waals surface area contributed by atoms with Crippen molar-refractivity contribution in [1.82, 2.24) is 4.31 Å². The van der Waals surface area contributed by atoms with E-state index in [2.05, 4.69) is 4.74 Å². The number of esters is 1. The van der Waals surface area contributed by atoms with Gasteiger partial charge in [0.1, 0.15) is 5.82 Å². The fourth-order valence-corrected chi connectivity index (χ4v) is 3.42. The summed E-state index contributed by atoms with van der Waals surface area (Å²) in [6, 6.07) is 9.33. The van der Waals surface area contributed by atoms with Gasteiger partial charge in [-0.25, -0.2) is 17.6 Å². The molecule has 0 aromatic heterocycles. The van der Waals surface area contributed by atoms with Crippen LogP contribution in [0.3, 0.4) is 0 Å². The van der Waals surface area contributed by atoms with Gasteiger partial charge in [0.05, 0.1) is 22.6 Å². The second kappa shape index (κ2) is 7.29. The molecule has 0 amide bonds. The van der Waals surface area contributed by atoms with Gasteiger partial charge >= 0.3 is 5.97 Å². The van der Waals surface area contributed by atoms with Crippen LogP contribution in [-0.4, -0.2) is 32.8 Å². The number of nitrogens with zero attached hydrogens (tertiary/aromatic N) is 1. The quantitative estimate of drug-likeness (QED) is 0.758. The van der Waals surface area contributed by atoms with Crippen LogP contribution < -0.4 is 0 Å². The van der Waals surface area contributed by atoms with E-state index in [4.69, 9.17) is 11.6 Å². The Balaban J connectivity index is 2.32. The first-order valence-corrected chi connectivity index (χ1v) is 8.66. The zero-order valence-electron chi connectivity index (χ0n) is 13.0. The topological polar surface area (TPSA) is 63.7 Å². The molecule has 8 heteroatoms. The van der Waals surface area contributed by atoms with Crippen LogP contribution in [0.5, 0.6) is 0 Å². The number of hydrogen-bond donors (Lipinski definition) is 0. The Labute approximate surface area is 144 Å². The largest absolute Gasteiger partial charge is 0.465 e. The van der Waals surface area contributed by atoms with E-state index < -0.39 is 21.8 Å². The predicted octanol–water partition coefficient (Wildman–Crippen LogP) is 3.09. The summed E-state index contributed by atoms with van der Waals surface area (Å²) in [5.41, 5.74) is 0.597. The normalized spacial score (nSPS) is 11.5. The molecule has 0 heterocycles. The lowest BCUT2D eigenvalue weighted by Crippen LogP contribution is -2.26. The minimum Gasteiger partial charge on any atom is -0.465 e. The minimum absolute atomic E-state index is 0.0320. The summed E-state index contributed by atoms with van der Waals surface area (Å²) in [7, 11) is -1.28. The third-order valence-corrected chi connectivity index (χ3v) is 5.50. The summed E-state index contributed by atoms with van der Waals surface area (Å²) in [6.45, 7) is 0.0544. The van der Waals surface area contributed by atoms with Crippen molar-refractivity contribution in [2.45, 2.75) is 11.4 Å². The van der Waals surface area contributed by atoms with Gasteiger partial charge in [0.25, 0.3) is 0 Å². The molecule has 128 valence electrons. The summed E-state index contributed by atoms with van der Waals surface area (Å²) in [5, 5.41) is 0.0991. The second-order valence-corrected chi connectivity index (χ2v) is 7.47. The standard InChI is InChI=1S/C16H15ClFNO4S/c1-19(10-11-3-5-12(18)6-4-11)24(21,22)13-7-8-15(17)14(9-13)16(20)23-2/h3-9H,10H2,1-2H3. The molecule has 0 aliphatic rings. The van der Waals surface area contributed by atoms with E-state index in [9.17, 15) is 17.6 Å². The fourth-order valence-electron chi connectivity index (χ4n) is 2.04. The first kappa shape index (κ1) is 18.4. The summed E-state index contributed by atoms with van der Waals surface area (Å²) in [4.78, 5) is 11.6. The molecular formula is C16H15ClFNO4S. The number of sulfonamides is 1. The average molecular weight is 372 g/mol. The van der Waals surface area contributed by atoms with Gasteiger partial charge < -0.3 is 4.74 Å². The number of benzene rings is 2. The van der Waals surface area contributed by atoms with Gasteiger partial charge in [-0.3, -0.25) is 0 Å². The highest BCUT2D eigenvalue weighted by molar-refractivity contribution is 7.89. The lowest BCUT2D eigenvalue weighted by Gasteiger charge is -2.18. The van der Waals surface area contributed by atoms with Gasteiger partial charge in [-0.1, -0.05) is 23.7 Å². The molecule has 0 aliphatic carbocycles. The van der Waals surface area contributed by atoms with Crippen LogP contribution in [-0.2, 0) is 21.3 Å². The van der Waals surface area contributed by atoms with E-state index in [0.717, 1.165) is 4.31 Å². The van der Waals surface area contributed by atoms with Gasteiger partial charge in [0.2, 0.25) is 10.0 Å². The third-order valence-electron chi connectivity index (χ3n) is 3.37. The Kier molecular flexibility index (Phi) is 5.58. The van der Waals surface area contributed by atoms with Crippen molar-refractivity contribution in [2.24, 2.45) is 0 Å². The van der Waals surface area contributed by atoms with E-state index >= 15 is 0 Å². The molecule has 0 radical (unpaired) electrons. The number of hydrogen-bond acceptors (Lipinski definition) is 4. The van der Waals surface area contributed by atoms with E-state index in [1.807, 2.05) is 0 Å². The molecule has 0 saturated heterocycles. The number of methoxy groups -OCH3 is 1. The Morgan fingerprint density at radius 2 is 1.83 bits per heavy atom. The highest BCUT2D eigenvalue weighted by atomic mass is 35.5. The van der Waals surface area contributed by atoms with Crippen LogP contribution >= 0.6 is 11.6 Å². The third kappa shape index (κ3) is 3.92. The molecule has 2 aromatic rings. The van der Waals surface area contributed by atoms with Crippen LogP contribution in [0.1, 0.15) is 15.9 Å². The van der Waals surface area contributed by atoms with Gasteiger partial charge in [0, 0.05) is 13.6 Å². The summed E-state index contributed by atoms with van der Waals surface area (Å²) in [6.07, 6.45) is 0. The molecule has 2 rings (SSSR count). The van der Waals surface area contributed by atoms with Crippen LogP contribution in [0, 0.1) is 5.82 Å². The smallest absolute Gasteiger partial charge is 0.339 e. The van der Waals surface area contributed by atoms with Crippen molar-refractivity contribution in [1.29, 1.82) is 0 Å². The predicted molar refractivity (Wildman–Crippen MR) is 87.8 cm³/mol. The molecule has 0 fully saturated rings.